The van der Waals surface area contributed by atoms with E-state index in [9.17, 15) is 0 Å². The predicted octanol–water partition coefficient (Wildman–Crippen LogP) is 11.3. The van der Waals surface area contributed by atoms with Crippen LogP contribution in [0.25, 0.3) is 22.3 Å². The number of anilines is 1. The van der Waals surface area contributed by atoms with Crippen molar-refractivity contribution in [3.8, 4) is 22.3 Å². The second-order valence-electron chi connectivity index (χ2n) is 11.0. The fourth-order valence-corrected chi connectivity index (χ4v) is 6.05. The molecule has 6 rings (SSSR count). The van der Waals surface area contributed by atoms with E-state index in [1.54, 1.807) is 0 Å². The molecule has 5 aromatic carbocycles. The van der Waals surface area contributed by atoms with Gasteiger partial charge in [0.15, 0.2) is 0 Å². The molecule has 1 aliphatic carbocycles. The zero-order chi connectivity index (χ0) is 29.4. The van der Waals surface area contributed by atoms with Gasteiger partial charge in [0.1, 0.15) is 0 Å². The van der Waals surface area contributed by atoms with Crippen LogP contribution >= 0.6 is 0 Å². The summed E-state index contributed by atoms with van der Waals surface area (Å²) < 4.78 is 0. The van der Waals surface area contributed by atoms with Gasteiger partial charge in [0, 0.05) is 28.9 Å². The van der Waals surface area contributed by atoms with Crippen molar-refractivity contribution in [1.29, 1.82) is 0 Å². The molecule has 1 aliphatic rings. The maximum atomic E-state index is 2.45. The van der Waals surface area contributed by atoms with Gasteiger partial charge >= 0.3 is 0 Å². The minimum atomic E-state index is 0.206. The van der Waals surface area contributed by atoms with E-state index in [2.05, 4.69) is 195 Å². The van der Waals surface area contributed by atoms with Gasteiger partial charge in [-0.15, -0.1) is 0 Å². The normalized spacial score (nSPS) is 16.7. The molecule has 0 amide bonds. The fourth-order valence-electron chi connectivity index (χ4n) is 6.05. The highest BCUT2D eigenvalue weighted by Gasteiger charge is 2.27. The topological polar surface area (TPSA) is 3.24 Å². The Hall–Kier alpha value is -5.14. The molecule has 210 valence electrons. The van der Waals surface area contributed by atoms with Crippen molar-refractivity contribution in [1.82, 2.24) is 0 Å². The maximum absolute atomic E-state index is 2.45. The first kappa shape index (κ1) is 28.0. The molecular formula is C42H37N. The number of nitrogens with zero attached hydrogens (tertiary/aromatic N) is 1. The van der Waals surface area contributed by atoms with Crippen LogP contribution < -0.4 is 4.90 Å². The summed E-state index contributed by atoms with van der Waals surface area (Å²) in [6.07, 6.45) is 13.5. The molecule has 0 N–H and O–H groups in total. The first-order valence-corrected chi connectivity index (χ1v) is 15.1. The summed E-state index contributed by atoms with van der Waals surface area (Å²) in [7, 11) is 0. The highest BCUT2D eigenvalue weighted by Crippen LogP contribution is 2.43. The van der Waals surface area contributed by atoms with Crippen LogP contribution in [0.4, 0.5) is 5.69 Å². The van der Waals surface area contributed by atoms with E-state index in [0.717, 1.165) is 11.4 Å². The van der Waals surface area contributed by atoms with Gasteiger partial charge in [0.25, 0.3) is 0 Å². The van der Waals surface area contributed by atoms with Gasteiger partial charge in [-0.25, -0.2) is 0 Å². The van der Waals surface area contributed by atoms with Crippen molar-refractivity contribution in [2.24, 2.45) is 0 Å². The average molecular weight is 556 g/mol. The van der Waals surface area contributed by atoms with Crippen LogP contribution in [0, 0.1) is 0 Å². The fraction of sp³-hybridized carbons (Fsp3) is 0.0952. The van der Waals surface area contributed by atoms with Crippen molar-refractivity contribution in [2.75, 3.05) is 4.90 Å². The lowest BCUT2D eigenvalue weighted by Crippen LogP contribution is -2.23. The van der Waals surface area contributed by atoms with Crippen LogP contribution in [0.2, 0.25) is 0 Å². The molecule has 2 unspecified atom stereocenters. The van der Waals surface area contributed by atoms with Crippen molar-refractivity contribution < 1.29 is 0 Å². The Kier molecular flexibility index (Phi) is 8.61. The molecule has 43 heavy (non-hydrogen) atoms. The number of rotatable bonds is 8. The quantitative estimate of drug-likeness (QED) is 0.172. The maximum Gasteiger partial charge on any atom is 0.0464 e. The summed E-state index contributed by atoms with van der Waals surface area (Å²) in [6.45, 7) is 4.26. The van der Waals surface area contributed by atoms with Crippen molar-refractivity contribution in [2.45, 2.75) is 25.7 Å². The Morgan fingerprint density at radius 1 is 0.605 bits per heavy atom. The van der Waals surface area contributed by atoms with E-state index >= 15 is 0 Å². The number of hydrogen-bond donors (Lipinski definition) is 0. The molecule has 0 spiro atoms. The third-order valence-electron chi connectivity index (χ3n) is 8.15. The van der Waals surface area contributed by atoms with Crippen molar-refractivity contribution in [3.05, 3.63) is 199 Å². The zero-order valence-electron chi connectivity index (χ0n) is 24.8. The van der Waals surface area contributed by atoms with E-state index in [1.807, 2.05) is 0 Å². The second kappa shape index (κ2) is 13.2. The molecule has 5 aromatic rings. The van der Waals surface area contributed by atoms with Gasteiger partial charge in [-0.1, -0.05) is 152 Å². The summed E-state index contributed by atoms with van der Waals surface area (Å²) in [6, 6.07) is 50.0. The smallest absolute Gasteiger partial charge is 0.0464 e. The Morgan fingerprint density at radius 2 is 1.14 bits per heavy atom. The molecular weight excluding hydrogens is 518 g/mol. The third-order valence-corrected chi connectivity index (χ3v) is 8.15. The van der Waals surface area contributed by atoms with Crippen molar-refractivity contribution in [3.63, 3.8) is 0 Å². The van der Waals surface area contributed by atoms with E-state index in [0.29, 0.717) is 0 Å². The van der Waals surface area contributed by atoms with Crippen LogP contribution in [0.1, 0.15) is 36.8 Å². The Labute approximate surface area is 256 Å². The van der Waals surface area contributed by atoms with E-state index in [4.69, 9.17) is 0 Å². The monoisotopic (exact) mass is 555 g/mol. The van der Waals surface area contributed by atoms with E-state index < -0.39 is 0 Å². The van der Waals surface area contributed by atoms with Gasteiger partial charge in [-0.3, -0.25) is 0 Å². The SMILES string of the molecule is C/C=C\C=C(/C)N(C1=CC(c2ccccc2)C(c2ccccc2)C=C1)c1ccc(-c2ccccc2)c(-c2ccccc2)c1. The minimum Gasteiger partial charge on any atom is -0.315 e. The van der Waals surface area contributed by atoms with Gasteiger partial charge in [0.05, 0.1) is 0 Å². The Balaban J connectivity index is 1.51. The van der Waals surface area contributed by atoms with Crippen molar-refractivity contribution >= 4 is 5.69 Å². The second-order valence-corrected chi connectivity index (χ2v) is 11.0. The Bertz CT molecular complexity index is 1760. The van der Waals surface area contributed by atoms with Crippen LogP contribution in [-0.4, -0.2) is 0 Å². The molecule has 2 atom stereocenters. The molecule has 0 heterocycles. The molecule has 0 aromatic heterocycles. The van der Waals surface area contributed by atoms with Crippen LogP contribution in [-0.2, 0) is 0 Å². The highest BCUT2D eigenvalue weighted by molar-refractivity contribution is 5.86. The lowest BCUT2D eigenvalue weighted by Gasteiger charge is -2.33. The molecule has 0 aliphatic heterocycles. The molecule has 1 heteroatoms. The van der Waals surface area contributed by atoms with Gasteiger partial charge in [0.2, 0.25) is 0 Å². The lowest BCUT2D eigenvalue weighted by molar-refractivity contribution is 0.719. The summed E-state index contributed by atoms with van der Waals surface area (Å²) in [4.78, 5) is 2.40. The van der Waals surface area contributed by atoms with Gasteiger partial charge in [-0.05, 0) is 71.5 Å². The molecule has 0 saturated carbocycles. The molecule has 0 radical (unpaired) electrons. The zero-order valence-corrected chi connectivity index (χ0v) is 24.8. The highest BCUT2D eigenvalue weighted by atomic mass is 15.1. The largest absolute Gasteiger partial charge is 0.315 e. The number of hydrogen-bond acceptors (Lipinski definition) is 1. The summed E-state index contributed by atoms with van der Waals surface area (Å²) in [5.74, 6) is 0.465. The summed E-state index contributed by atoms with van der Waals surface area (Å²) in [5.41, 5.74) is 11.0. The number of allylic oxidation sites excluding steroid dienone is 7. The summed E-state index contributed by atoms with van der Waals surface area (Å²) in [5, 5.41) is 0. The average Bonchev–Trinajstić information content (AvgIpc) is 3.09. The van der Waals surface area contributed by atoms with Crippen LogP contribution in [0.5, 0.6) is 0 Å². The molecule has 0 saturated heterocycles. The Morgan fingerprint density at radius 3 is 1.72 bits per heavy atom. The summed E-state index contributed by atoms with van der Waals surface area (Å²) >= 11 is 0. The standard InChI is InChI=1S/C42H37N/c1-3-4-17-32(2)43(37-26-28-39(33-18-9-5-10-19-33)41(30-37)35-22-13-7-14-23-35)38-27-29-40(34-20-11-6-12-21-34)42(31-38)36-24-15-8-16-25-36/h3-31,39,41H,1-2H3/b4-3-,32-17+. The molecule has 0 fully saturated rings. The molecule has 1 nitrogen and oxygen atoms in total. The van der Waals surface area contributed by atoms with E-state index in [-0.39, 0.29) is 11.8 Å². The van der Waals surface area contributed by atoms with E-state index in [1.165, 1.54) is 39.1 Å². The number of benzene rings is 5. The minimum absolute atomic E-state index is 0.206. The predicted molar refractivity (Wildman–Crippen MR) is 184 cm³/mol. The van der Waals surface area contributed by atoms with Gasteiger partial charge in [-0.2, -0.15) is 0 Å². The van der Waals surface area contributed by atoms with Crippen LogP contribution in [0.15, 0.2) is 187 Å². The van der Waals surface area contributed by atoms with Crippen LogP contribution in [0.3, 0.4) is 0 Å². The first-order chi connectivity index (χ1) is 21.2. The molecule has 0 bridgehead atoms. The lowest BCUT2D eigenvalue weighted by atomic mass is 9.78. The van der Waals surface area contributed by atoms with Gasteiger partial charge < -0.3 is 4.90 Å². The third kappa shape index (κ3) is 6.22. The first-order valence-electron chi connectivity index (χ1n) is 15.1.